The summed E-state index contributed by atoms with van der Waals surface area (Å²) in [5.74, 6) is 3.72. The van der Waals surface area contributed by atoms with E-state index in [1.54, 1.807) is 4.68 Å². The topological polar surface area (TPSA) is 68.8 Å². The molecule has 2 aromatic heterocycles. The fraction of sp³-hybridized carbons (Fsp3) is 0.583. The van der Waals surface area contributed by atoms with Crippen LogP contribution >= 0.6 is 11.8 Å². The minimum atomic E-state index is 0.301. The highest BCUT2D eigenvalue weighted by molar-refractivity contribution is 7.99. The Morgan fingerprint density at radius 2 is 2.42 bits per heavy atom. The molecule has 1 saturated heterocycles. The summed E-state index contributed by atoms with van der Waals surface area (Å²) in [7, 11) is 1.87. The van der Waals surface area contributed by atoms with Gasteiger partial charge >= 0.3 is 0 Å². The summed E-state index contributed by atoms with van der Waals surface area (Å²) in [5, 5.41) is 11.8. The summed E-state index contributed by atoms with van der Waals surface area (Å²) in [6.07, 6.45) is 1.87. The first-order chi connectivity index (χ1) is 9.28. The molecule has 3 rings (SSSR count). The summed E-state index contributed by atoms with van der Waals surface area (Å²) in [4.78, 5) is 4.50. The zero-order chi connectivity index (χ0) is 13.2. The van der Waals surface area contributed by atoms with Crippen molar-refractivity contribution < 1.29 is 4.52 Å². The van der Waals surface area contributed by atoms with Crippen LogP contribution < -0.4 is 5.32 Å². The summed E-state index contributed by atoms with van der Waals surface area (Å²) in [6, 6.07) is 2.31. The largest absolute Gasteiger partial charge is 0.339 e. The number of hydrogen-bond donors (Lipinski definition) is 1. The third-order valence-electron chi connectivity index (χ3n) is 3.25. The highest BCUT2D eigenvalue weighted by Crippen LogP contribution is 2.32. The third-order valence-corrected chi connectivity index (χ3v) is 4.44. The van der Waals surface area contributed by atoms with Crippen molar-refractivity contribution in [3.8, 4) is 11.5 Å². The highest BCUT2D eigenvalue weighted by Gasteiger charge is 2.33. The standard InChI is InChI=1S/C12H17N5OS/c1-3-13-10-7-19-6-8(10)12-14-11(16-18-12)9-4-5-17(2)15-9/h4-5,8,10,13H,3,6-7H2,1-2H3. The maximum atomic E-state index is 5.43. The normalized spacial score (nSPS) is 23.1. The first-order valence-electron chi connectivity index (χ1n) is 6.42. The summed E-state index contributed by atoms with van der Waals surface area (Å²) < 4.78 is 7.16. The summed E-state index contributed by atoms with van der Waals surface area (Å²) in [5.41, 5.74) is 0.753. The molecule has 7 heteroatoms. The second-order valence-electron chi connectivity index (χ2n) is 4.64. The van der Waals surface area contributed by atoms with Crippen LogP contribution in [0.15, 0.2) is 16.8 Å². The molecule has 2 unspecified atom stereocenters. The van der Waals surface area contributed by atoms with Crippen LogP contribution in [0.2, 0.25) is 0 Å². The SMILES string of the molecule is CCNC1CSCC1c1nc(-c2ccn(C)n2)no1. The number of likely N-dealkylation sites (N-methyl/N-ethyl adjacent to an activating group) is 1. The minimum absolute atomic E-state index is 0.301. The number of thioether (sulfide) groups is 1. The molecular formula is C12H17N5OS. The number of rotatable bonds is 4. The number of aryl methyl sites for hydroxylation is 1. The second-order valence-corrected chi connectivity index (χ2v) is 5.71. The number of hydrogen-bond acceptors (Lipinski definition) is 6. The Labute approximate surface area is 116 Å². The van der Waals surface area contributed by atoms with Crippen molar-refractivity contribution in [2.75, 3.05) is 18.1 Å². The van der Waals surface area contributed by atoms with Gasteiger partial charge in [0, 0.05) is 30.8 Å². The van der Waals surface area contributed by atoms with E-state index < -0.39 is 0 Å². The Kier molecular flexibility index (Phi) is 3.56. The van der Waals surface area contributed by atoms with Gasteiger partial charge in [-0.1, -0.05) is 12.1 Å². The van der Waals surface area contributed by atoms with Gasteiger partial charge in [-0.05, 0) is 12.6 Å². The lowest BCUT2D eigenvalue weighted by Gasteiger charge is -2.15. The molecule has 1 fully saturated rings. The van der Waals surface area contributed by atoms with Crippen LogP contribution in [0.3, 0.4) is 0 Å². The Morgan fingerprint density at radius 3 is 3.16 bits per heavy atom. The maximum Gasteiger partial charge on any atom is 0.232 e. The predicted octanol–water partition coefficient (Wildman–Crippen LogP) is 1.28. The molecule has 2 atom stereocenters. The molecule has 1 aliphatic rings. The van der Waals surface area contributed by atoms with E-state index in [0.29, 0.717) is 17.8 Å². The molecular weight excluding hydrogens is 262 g/mol. The first-order valence-corrected chi connectivity index (χ1v) is 7.58. The molecule has 6 nitrogen and oxygen atoms in total. The van der Waals surface area contributed by atoms with E-state index >= 15 is 0 Å². The van der Waals surface area contributed by atoms with E-state index in [9.17, 15) is 0 Å². The van der Waals surface area contributed by atoms with E-state index in [1.807, 2.05) is 31.1 Å². The Hall–Kier alpha value is -1.34. The van der Waals surface area contributed by atoms with E-state index in [0.717, 1.165) is 29.6 Å². The molecule has 0 saturated carbocycles. The maximum absolute atomic E-state index is 5.43. The summed E-state index contributed by atoms with van der Waals surface area (Å²) in [6.45, 7) is 3.08. The Bertz CT molecular complexity index is 552. The van der Waals surface area contributed by atoms with Crippen LogP contribution in [0.4, 0.5) is 0 Å². The molecule has 3 heterocycles. The van der Waals surface area contributed by atoms with Crippen molar-refractivity contribution >= 4 is 11.8 Å². The van der Waals surface area contributed by atoms with Crippen LogP contribution in [-0.2, 0) is 7.05 Å². The van der Waals surface area contributed by atoms with Crippen molar-refractivity contribution in [3.05, 3.63) is 18.2 Å². The smallest absolute Gasteiger partial charge is 0.232 e. The van der Waals surface area contributed by atoms with Gasteiger partial charge in [-0.25, -0.2) is 0 Å². The molecule has 0 bridgehead atoms. The lowest BCUT2D eigenvalue weighted by molar-refractivity contribution is 0.340. The minimum Gasteiger partial charge on any atom is -0.339 e. The first kappa shape index (κ1) is 12.7. The fourth-order valence-corrected chi connectivity index (χ4v) is 3.65. The van der Waals surface area contributed by atoms with E-state index in [1.165, 1.54) is 0 Å². The monoisotopic (exact) mass is 279 g/mol. The zero-order valence-electron chi connectivity index (χ0n) is 11.0. The lowest BCUT2D eigenvalue weighted by atomic mass is 10.0. The van der Waals surface area contributed by atoms with Crippen molar-refractivity contribution in [1.29, 1.82) is 0 Å². The van der Waals surface area contributed by atoms with E-state index in [2.05, 4.69) is 27.5 Å². The van der Waals surface area contributed by atoms with Gasteiger partial charge in [-0.3, -0.25) is 4.68 Å². The quantitative estimate of drug-likeness (QED) is 0.909. The van der Waals surface area contributed by atoms with Gasteiger partial charge in [0.25, 0.3) is 0 Å². The molecule has 19 heavy (non-hydrogen) atoms. The van der Waals surface area contributed by atoms with Gasteiger partial charge in [0.1, 0.15) is 5.69 Å². The van der Waals surface area contributed by atoms with Crippen LogP contribution in [0.5, 0.6) is 0 Å². The molecule has 0 aromatic carbocycles. The molecule has 102 valence electrons. The number of nitrogens with one attached hydrogen (secondary N) is 1. The van der Waals surface area contributed by atoms with Gasteiger partial charge < -0.3 is 9.84 Å². The average molecular weight is 279 g/mol. The Balaban J connectivity index is 1.81. The molecule has 0 aliphatic carbocycles. The van der Waals surface area contributed by atoms with Crippen molar-refractivity contribution in [2.45, 2.75) is 18.9 Å². The highest BCUT2D eigenvalue weighted by atomic mass is 32.2. The van der Waals surface area contributed by atoms with Gasteiger partial charge in [-0.2, -0.15) is 21.8 Å². The zero-order valence-corrected chi connectivity index (χ0v) is 11.9. The number of nitrogens with zero attached hydrogens (tertiary/aromatic N) is 4. The molecule has 0 amide bonds. The van der Waals surface area contributed by atoms with Gasteiger partial charge in [0.05, 0.1) is 5.92 Å². The van der Waals surface area contributed by atoms with Crippen LogP contribution in [0, 0.1) is 0 Å². The molecule has 0 spiro atoms. The molecule has 0 radical (unpaired) electrons. The van der Waals surface area contributed by atoms with Crippen molar-refractivity contribution in [3.63, 3.8) is 0 Å². The van der Waals surface area contributed by atoms with Gasteiger partial charge in [0.2, 0.25) is 11.7 Å². The van der Waals surface area contributed by atoms with Crippen molar-refractivity contribution in [2.24, 2.45) is 7.05 Å². The number of aromatic nitrogens is 4. The van der Waals surface area contributed by atoms with Crippen LogP contribution in [0.1, 0.15) is 18.7 Å². The third kappa shape index (κ3) is 2.52. The fourth-order valence-electron chi connectivity index (χ4n) is 2.29. The molecule has 1 N–H and O–H groups in total. The molecule has 1 aliphatic heterocycles. The second kappa shape index (κ2) is 5.34. The van der Waals surface area contributed by atoms with Crippen LogP contribution in [0.25, 0.3) is 11.5 Å². The van der Waals surface area contributed by atoms with Crippen molar-refractivity contribution in [1.82, 2.24) is 25.2 Å². The van der Waals surface area contributed by atoms with Gasteiger partial charge in [0.15, 0.2) is 0 Å². The average Bonchev–Trinajstić information content (AvgIpc) is 3.07. The molecule has 2 aromatic rings. The Morgan fingerprint density at radius 1 is 1.53 bits per heavy atom. The van der Waals surface area contributed by atoms with Crippen LogP contribution in [-0.4, -0.2) is 44.0 Å². The summed E-state index contributed by atoms with van der Waals surface area (Å²) >= 11 is 1.92. The van der Waals surface area contributed by atoms with E-state index in [4.69, 9.17) is 4.52 Å². The predicted molar refractivity (Wildman–Crippen MR) is 74.0 cm³/mol. The lowest BCUT2D eigenvalue weighted by Crippen LogP contribution is -2.34. The van der Waals surface area contributed by atoms with E-state index in [-0.39, 0.29) is 0 Å². The van der Waals surface area contributed by atoms with Gasteiger partial charge in [-0.15, -0.1) is 0 Å².